The Morgan fingerprint density at radius 2 is 2.24 bits per heavy atom. The van der Waals surface area contributed by atoms with Gasteiger partial charge in [0, 0.05) is 10.4 Å². The van der Waals surface area contributed by atoms with Crippen molar-refractivity contribution in [3.8, 4) is 16.3 Å². The molecule has 0 atom stereocenters. The highest BCUT2D eigenvalue weighted by atomic mass is 35.5. The van der Waals surface area contributed by atoms with E-state index in [0.29, 0.717) is 16.5 Å². The molecule has 1 aromatic heterocycles. The van der Waals surface area contributed by atoms with Gasteiger partial charge >= 0.3 is 0 Å². The van der Waals surface area contributed by atoms with Crippen LogP contribution < -0.4 is 4.74 Å². The molecule has 0 fully saturated rings. The van der Waals surface area contributed by atoms with Gasteiger partial charge in [-0.3, -0.25) is 4.79 Å². The van der Waals surface area contributed by atoms with Gasteiger partial charge in [0.15, 0.2) is 6.29 Å². The second-order valence-electron chi connectivity index (χ2n) is 3.50. The maximum Gasteiger partial charge on any atom is 0.169 e. The zero-order valence-electron chi connectivity index (χ0n) is 9.36. The average molecular weight is 268 g/mol. The van der Waals surface area contributed by atoms with Crippen LogP contribution in [0, 0.1) is 6.92 Å². The first-order valence-corrected chi connectivity index (χ1v) is 6.16. The molecule has 17 heavy (non-hydrogen) atoms. The van der Waals surface area contributed by atoms with E-state index in [1.54, 1.807) is 12.5 Å². The standard InChI is InChI=1S/C12H10ClNO2S/c1-7-3-11(16-2)9(4-10(7)13)12-14-8(5-15)6-17-12/h3-6H,1-2H3. The fraction of sp³-hybridized carbons (Fsp3) is 0.167. The summed E-state index contributed by atoms with van der Waals surface area (Å²) < 4.78 is 5.30. The third-order valence-electron chi connectivity index (χ3n) is 2.35. The van der Waals surface area contributed by atoms with Crippen molar-refractivity contribution in [3.63, 3.8) is 0 Å². The van der Waals surface area contributed by atoms with Gasteiger partial charge in [0.05, 0.1) is 12.7 Å². The van der Waals surface area contributed by atoms with Crippen molar-refractivity contribution in [2.45, 2.75) is 6.92 Å². The third-order valence-corrected chi connectivity index (χ3v) is 3.65. The number of hydrogen-bond acceptors (Lipinski definition) is 4. The Morgan fingerprint density at radius 1 is 1.47 bits per heavy atom. The number of rotatable bonds is 3. The molecule has 0 aliphatic heterocycles. The number of halogens is 1. The van der Waals surface area contributed by atoms with Gasteiger partial charge in [0.25, 0.3) is 0 Å². The van der Waals surface area contributed by atoms with E-state index in [4.69, 9.17) is 16.3 Å². The van der Waals surface area contributed by atoms with Crippen molar-refractivity contribution >= 4 is 29.2 Å². The van der Waals surface area contributed by atoms with E-state index < -0.39 is 0 Å². The van der Waals surface area contributed by atoms with Gasteiger partial charge in [0.1, 0.15) is 16.5 Å². The normalized spacial score (nSPS) is 10.3. The first-order chi connectivity index (χ1) is 8.15. The van der Waals surface area contributed by atoms with E-state index >= 15 is 0 Å². The second-order valence-corrected chi connectivity index (χ2v) is 4.76. The molecule has 0 saturated heterocycles. The summed E-state index contributed by atoms with van der Waals surface area (Å²) in [7, 11) is 1.60. The van der Waals surface area contributed by atoms with Crippen molar-refractivity contribution in [1.82, 2.24) is 4.98 Å². The zero-order chi connectivity index (χ0) is 12.4. The summed E-state index contributed by atoms with van der Waals surface area (Å²) in [4.78, 5) is 14.8. The number of benzene rings is 1. The first kappa shape index (κ1) is 12.1. The minimum absolute atomic E-state index is 0.420. The van der Waals surface area contributed by atoms with E-state index in [1.165, 1.54) is 11.3 Å². The molecule has 2 rings (SSSR count). The number of hydrogen-bond donors (Lipinski definition) is 0. The van der Waals surface area contributed by atoms with E-state index in [0.717, 1.165) is 22.4 Å². The summed E-state index contributed by atoms with van der Waals surface area (Å²) in [6.45, 7) is 1.91. The van der Waals surface area contributed by atoms with Gasteiger partial charge in [0.2, 0.25) is 0 Å². The highest BCUT2D eigenvalue weighted by Crippen LogP contribution is 2.35. The van der Waals surface area contributed by atoms with Gasteiger partial charge in [-0.25, -0.2) is 4.98 Å². The Kier molecular flexibility index (Phi) is 3.45. The summed E-state index contributed by atoms with van der Waals surface area (Å²) in [6.07, 6.45) is 0.724. The molecule has 88 valence electrons. The first-order valence-electron chi connectivity index (χ1n) is 4.91. The van der Waals surface area contributed by atoms with Crippen LogP contribution in [-0.4, -0.2) is 18.4 Å². The number of ether oxygens (including phenoxy) is 1. The lowest BCUT2D eigenvalue weighted by molar-refractivity contribution is 0.111. The van der Waals surface area contributed by atoms with Gasteiger partial charge in [-0.1, -0.05) is 11.6 Å². The molecule has 1 aromatic carbocycles. The van der Waals surface area contributed by atoms with Gasteiger partial charge in [-0.05, 0) is 24.6 Å². The minimum Gasteiger partial charge on any atom is -0.496 e. The lowest BCUT2D eigenvalue weighted by Gasteiger charge is -2.08. The van der Waals surface area contributed by atoms with Gasteiger partial charge < -0.3 is 4.74 Å². The molecule has 0 amide bonds. The summed E-state index contributed by atoms with van der Waals surface area (Å²) in [5.41, 5.74) is 2.17. The molecule has 0 aliphatic carbocycles. The molecular formula is C12H10ClNO2S. The summed E-state index contributed by atoms with van der Waals surface area (Å²) >= 11 is 7.48. The molecule has 1 heterocycles. The molecular weight excluding hydrogens is 258 g/mol. The van der Waals surface area contributed by atoms with Crippen LogP contribution in [0.1, 0.15) is 16.1 Å². The molecule has 5 heteroatoms. The van der Waals surface area contributed by atoms with Gasteiger partial charge in [-0.2, -0.15) is 0 Å². The largest absolute Gasteiger partial charge is 0.496 e. The second kappa shape index (κ2) is 4.85. The number of carbonyl (C=O) groups is 1. The van der Waals surface area contributed by atoms with Crippen LogP contribution in [0.5, 0.6) is 5.75 Å². The molecule has 2 aromatic rings. The lowest BCUT2D eigenvalue weighted by Crippen LogP contribution is -1.90. The number of thiazole rings is 1. The zero-order valence-corrected chi connectivity index (χ0v) is 10.9. The molecule has 0 bridgehead atoms. The fourth-order valence-corrected chi connectivity index (χ4v) is 2.40. The van der Waals surface area contributed by atoms with Crippen molar-refractivity contribution < 1.29 is 9.53 Å². The number of carbonyl (C=O) groups excluding carboxylic acids is 1. The summed E-state index contributed by atoms with van der Waals surface area (Å²) in [6, 6.07) is 3.67. The van der Waals surface area contributed by atoms with Crippen LogP contribution in [0.15, 0.2) is 17.5 Å². The predicted molar refractivity (Wildman–Crippen MR) is 69.2 cm³/mol. The number of methoxy groups -OCH3 is 1. The Labute approximate surface area is 108 Å². The van der Waals surface area contributed by atoms with Crippen LogP contribution in [0.3, 0.4) is 0 Å². The predicted octanol–water partition coefficient (Wildman–Crippen LogP) is 3.59. The van der Waals surface area contributed by atoms with Gasteiger partial charge in [-0.15, -0.1) is 11.3 Å². The molecule has 0 N–H and O–H groups in total. The van der Waals surface area contributed by atoms with Crippen molar-refractivity contribution in [2.24, 2.45) is 0 Å². The summed E-state index contributed by atoms with van der Waals surface area (Å²) in [5.74, 6) is 0.707. The molecule has 0 radical (unpaired) electrons. The molecule has 0 unspecified atom stereocenters. The number of aromatic nitrogens is 1. The monoisotopic (exact) mass is 267 g/mol. The van der Waals surface area contributed by atoms with E-state index in [-0.39, 0.29) is 0 Å². The maximum absolute atomic E-state index is 10.6. The Morgan fingerprint density at radius 3 is 2.82 bits per heavy atom. The number of aryl methyl sites for hydroxylation is 1. The quantitative estimate of drug-likeness (QED) is 0.798. The molecule has 3 nitrogen and oxygen atoms in total. The third kappa shape index (κ3) is 2.33. The van der Waals surface area contributed by atoms with Crippen LogP contribution in [0.25, 0.3) is 10.6 Å². The highest BCUT2D eigenvalue weighted by molar-refractivity contribution is 7.13. The van der Waals surface area contributed by atoms with Crippen LogP contribution in [-0.2, 0) is 0 Å². The lowest BCUT2D eigenvalue weighted by atomic mass is 10.1. The number of aldehydes is 1. The highest BCUT2D eigenvalue weighted by Gasteiger charge is 2.12. The SMILES string of the molecule is COc1cc(C)c(Cl)cc1-c1nc(C=O)cs1. The maximum atomic E-state index is 10.6. The molecule has 0 aliphatic rings. The minimum atomic E-state index is 0.420. The van der Waals surface area contributed by atoms with Crippen LogP contribution in [0.2, 0.25) is 5.02 Å². The van der Waals surface area contributed by atoms with Crippen molar-refractivity contribution in [1.29, 1.82) is 0 Å². The van der Waals surface area contributed by atoms with Crippen molar-refractivity contribution in [2.75, 3.05) is 7.11 Å². The fourth-order valence-electron chi connectivity index (χ4n) is 1.46. The Hall–Kier alpha value is -1.39. The molecule has 0 spiro atoms. The Balaban J connectivity index is 2.57. The average Bonchev–Trinajstić information content (AvgIpc) is 2.80. The van der Waals surface area contributed by atoms with Crippen LogP contribution >= 0.6 is 22.9 Å². The smallest absolute Gasteiger partial charge is 0.169 e. The van der Waals surface area contributed by atoms with E-state index in [2.05, 4.69) is 4.98 Å². The topological polar surface area (TPSA) is 39.2 Å². The van der Waals surface area contributed by atoms with E-state index in [1.807, 2.05) is 19.1 Å². The van der Waals surface area contributed by atoms with E-state index in [9.17, 15) is 4.79 Å². The summed E-state index contributed by atoms with van der Waals surface area (Å²) in [5, 5.41) is 3.09. The van der Waals surface area contributed by atoms with Crippen LogP contribution in [0.4, 0.5) is 0 Å². The Bertz CT molecular complexity index is 566. The number of nitrogens with zero attached hydrogens (tertiary/aromatic N) is 1. The molecule has 0 saturated carbocycles. The van der Waals surface area contributed by atoms with Crippen molar-refractivity contribution in [3.05, 3.63) is 33.8 Å².